The van der Waals surface area contributed by atoms with E-state index in [1.807, 2.05) is 29.6 Å². The largest absolute Gasteiger partial charge is 0.332 e. The number of amides is 1. The van der Waals surface area contributed by atoms with Crippen LogP contribution in [0.15, 0.2) is 56.7 Å². The highest BCUT2D eigenvalue weighted by Gasteiger charge is 2.17. The van der Waals surface area contributed by atoms with Crippen molar-refractivity contribution < 1.29 is 4.79 Å². The Bertz CT molecular complexity index is 1380. The summed E-state index contributed by atoms with van der Waals surface area (Å²) < 4.78 is 3.15. The number of carbonyl (C=O) groups is 1. The van der Waals surface area contributed by atoms with E-state index in [-0.39, 0.29) is 18.0 Å². The molecule has 5 rings (SSSR count). The summed E-state index contributed by atoms with van der Waals surface area (Å²) in [6.45, 7) is 0.154. The van der Waals surface area contributed by atoms with Crippen molar-refractivity contribution in [3.05, 3.63) is 84.0 Å². The van der Waals surface area contributed by atoms with Gasteiger partial charge in [-0.1, -0.05) is 12.1 Å². The summed E-state index contributed by atoms with van der Waals surface area (Å²) in [6.07, 6.45) is 3.86. The van der Waals surface area contributed by atoms with Crippen molar-refractivity contribution in [1.29, 1.82) is 0 Å². The summed E-state index contributed by atoms with van der Waals surface area (Å²) in [5.41, 5.74) is 3.13. The van der Waals surface area contributed by atoms with Crippen LogP contribution in [0.25, 0.3) is 10.2 Å². The molecule has 1 aliphatic carbocycles. The van der Waals surface area contributed by atoms with Gasteiger partial charge in [0.05, 0.1) is 5.52 Å². The number of benzene rings is 1. The lowest BCUT2D eigenvalue weighted by Crippen LogP contribution is -2.41. The topological polar surface area (TPSA) is 73.1 Å². The maximum Gasteiger partial charge on any atom is 0.332 e. The molecule has 0 radical (unpaired) electrons. The van der Waals surface area contributed by atoms with Crippen molar-refractivity contribution in [3.8, 4) is 0 Å². The Kier molecular flexibility index (Phi) is 5.33. The maximum atomic E-state index is 13.2. The average molecular weight is 452 g/mol. The van der Waals surface area contributed by atoms with Gasteiger partial charge in [0.25, 0.3) is 5.56 Å². The van der Waals surface area contributed by atoms with Gasteiger partial charge in [-0.15, -0.1) is 22.7 Å². The molecule has 0 fully saturated rings. The van der Waals surface area contributed by atoms with Gasteiger partial charge >= 0.3 is 5.69 Å². The number of aryl methyl sites for hydroxylation is 3. The fourth-order valence-electron chi connectivity index (χ4n) is 4.15. The molecular weight excluding hydrogens is 430 g/mol. The van der Waals surface area contributed by atoms with Crippen LogP contribution in [0.5, 0.6) is 0 Å². The van der Waals surface area contributed by atoms with Crippen molar-refractivity contribution in [3.63, 3.8) is 0 Å². The Labute approximate surface area is 186 Å². The molecule has 0 saturated heterocycles. The molecule has 0 saturated carbocycles. The number of nitrogens with one attached hydrogen (secondary N) is 1. The normalized spacial score (nSPS) is 12.9. The van der Waals surface area contributed by atoms with Crippen molar-refractivity contribution in [2.75, 3.05) is 5.32 Å². The van der Waals surface area contributed by atoms with Gasteiger partial charge in [-0.3, -0.25) is 18.7 Å². The van der Waals surface area contributed by atoms with Crippen molar-refractivity contribution in [1.82, 2.24) is 9.13 Å². The first-order chi connectivity index (χ1) is 15.1. The van der Waals surface area contributed by atoms with E-state index in [2.05, 4.69) is 11.4 Å². The molecule has 4 aromatic rings. The Morgan fingerprint density at radius 1 is 1.00 bits per heavy atom. The molecule has 0 atom stereocenters. The second-order valence-electron chi connectivity index (χ2n) is 7.68. The van der Waals surface area contributed by atoms with E-state index in [9.17, 15) is 14.4 Å². The second kappa shape index (κ2) is 8.28. The molecule has 0 unspecified atom stereocenters. The molecule has 31 heavy (non-hydrogen) atoms. The maximum absolute atomic E-state index is 13.2. The number of thiophene rings is 2. The molecular formula is C23H21N3O3S2. The molecule has 1 aliphatic rings. The Morgan fingerprint density at radius 3 is 2.71 bits per heavy atom. The fraction of sp³-hybridized carbons (Fsp3) is 0.261. The number of carbonyl (C=O) groups excluding carboxylic acids is 1. The number of hydrogen-bond acceptors (Lipinski definition) is 5. The molecule has 158 valence electrons. The van der Waals surface area contributed by atoms with E-state index in [0.29, 0.717) is 23.2 Å². The van der Waals surface area contributed by atoms with Gasteiger partial charge in [-0.05, 0) is 71.8 Å². The zero-order valence-corrected chi connectivity index (χ0v) is 18.4. The molecule has 1 aromatic carbocycles. The van der Waals surface area contributed by atoms with E-state index < -0.39 is 5.69 Å². The molecule has 0 aliphatic heterocycles. The van der Waals surface area contributed by atoms with Crippen LogP contribution in [-0.2, 0) is 37.1 Å². The minimum absolute atomic E-state index is 0.136. The van der Waals surface area contributed by atoms with Gasteiger partial charge in [-0.2, -0.15) is 0 Å². The highest BCUT2D eigenvalue weighted by Crippen LogP contribution is 2.25. The van der Waals surface area contributed by atoms with Gasteiger partial charge in [0.15, 0.2) is 0 Å². The molecule has 3 heterocycles. The van der Waals surface area contributed by atoms with Gasteiger partial charge in [-0.25, -0.2) is 4.79 Å². The number of fused-ring (bicyclic) bond motifs is 2. The van der Waals surface area contributed by atoms with Crippen LogP contribution in [0.4, 0.5) is 5.69 Å². The summed E-state index contributed by atoms with van der Waals surface area (Å²) in [5, 5.41) is 6.67. The van der Waals surface area contributed by atoms with Crippen LogP contribution >= 0.6 is 22.7 Å². The minimum Gasteiger partial charge on any atom is -0.325 e. The molecule has 3 aromatic heterocycles. The molecule has 1 amide bonds. The fourth-order valence-corrected chi connectivity index (χ4v) is 5.70. The van der Waals surface area contributed by atoms with Gasteiger partial charge in [0, 0.05) is 17.1 Å². The highest BCUT2D eigenvalue weighted by molar-refractivity contribution is 7.17. The summed E-state index contributed by atoms with van der Waals surface area (Å²) in [6, 6.07) is 11.7. The zero-order chi connectivity index (χ0) is 21.4. The second-order valence-corrected chi connectivity index (χ2v) is 9.62. The summed E-state index contributed by atoms with van der Waals surface area (Å²) in [7, 11) is 0. The highest BCUT2D eigenvalue weighted by atomic mass is 32.1. The van der Waals surface area contributed by atoms with E-state index in [0.717, 1.165) is 29.8 Å². The lowest BCUT2D eigenvalue weighted by molar-refractivity contribution is -0.116. The molecule has 6 nitrogen and oxygen atoms in total. The van der Waals surface area contributed by atoms with E-state index in [4.69, 9.17) is 0 Å². The monoisotopic (exact) mass is 451 g/mol. The summed E-state index contributed by atoms with van der Waals surface area (Å²) in [5.74, 6) is -0.281. The lowest BCUT2D eigenvalue weighted by atomic mass is 10.1. The quantitative estimate of drug-likeness (QED) is 0.486. The molecule has 0 bridgehead atoms. The average Bonchev–Trinajstić information content (AvgIpc) is 3.52. The number of hydrogen-bond donors (Lipinski definition) is 1. The lowest BCUT2D eigenvalue weighted by Gasteiger charge is -2.13. The van der Waals surface area contributed by atoms with Crippen molar-refractivity contribution >= 4 is 44.5 Å². The Morgan fingerprint density at radius 2 is 1.87 bits per heavy atom. The van der Waals surface area contributed by atoms with Crippen LogP contribution in [0.3, 0.4) is 0 Å². The van der Waals surface area contributed by atoms with Crippen LogP contribution in [0.1, 0.15) is 22.4 Å². The summed E-state index contributed by atoms with van der Waals surface area (Å²) >= 11 is 2.89. The molecule has 1 N–H and O–H groups in total. The standard InChI is InChI=1S/C23H21N3O3S2/c27-20(24-17-7-6-15-3-1-4-16(15)13-17)14-26-19-9-12-31-21(19)22(28)25(23(26)29)10-8-18-5-2-11-30-18/h2,5-7,9,11-13H,1,3-4,8,10,14H2,(H,24,27). The van der Waals surface area contributed by atoms with Crippen molar-refractivity contribution in [2.45, 2.75) is 38.8 Å². The predicted octanol–water partition coefficient (Wildman–Crippen LogP) is 3.66. The van der Waals surface area contributed by atoms with Crippen molar-refractivity contribution in [2.24, 2.45) is 0 Å². The third-order valence-corrected chi connectivity index (χ3v) is 7.51. The van der Waals surface area contributed by atoms with Gasteiger partial charge < -0.3 is 5.32 Å². The van der Waals surface area contributed by atoms with E-state index in [1.54, 1.807) is 22.8 Å². The first kappa shape index (κ1) is 20.0. The molecule has 0 spiro atoms. The first-order valence-corrected chi connectivity index (χ1v) is 12.0. The third-order valence-electron chi connectivity index (χ3n) is 5.68. The Hall–Kier alpha value is -2.97. The number of aromatic nitrogens is 2. The molecule has 8 heteroatoms. The van der Waals surface area contributed by atoms with Crippen LogP contribution in [-0.4, -0.2) is 15.0 Å². The zero-order valence-electron chi connectivity index (χ0n) is 16.8. The van der Waals surface area contributed by atoms with E-state index in [1.165, 1.54) is 31.6 Å². The third kappa shape index (κ3) is 3.88. The van der Waals surface area contributed by atoms with Crippen LogP contribution in [0, 0.1) is 0 Å². The van der Waals surface area contributed by atoms with Gasteiger partial charge in [0.1, 0.15) is 11.2 Å². The van der Waals surface area contributed by atoms with Gasteiger partial charge in [0.2, 0.25) is 5.91 Å². The SMILES string of the molecule is O=C(Cn1c(=O)n(CCc2cccs2)c(=O)c2sccc21)Nc1ccc2c(c1)CCC2. The number of nitrogens with zero attached hydrogens (tertiary/aromatic N) is 2. The summed E-state index contributed by atoms with van der Waals surface area (Å²) in [4.78, 5) is 39.9. The smallest absolute Gasteiger partial charge is 0.325 e. The van der Waals surface area contributed by atoms with E-state index >= 15 is 0 Å². The first-order valence-electron chi connectivity index (χ1n) is 10.2. The number of rotatable bonds is 6. The predicted molar refractivity (Wildman–Crippen MR) is 125 cm³/mol. The Balaban J connectivity index is 1.43. The minimum atomic E-state index is -0.448. The number of anilines is 1. The van der Waals surface area contributed by atoms with Crippen LogP contribution < -0.4 is 16.6 Å². The van der Waals surface area contributed by atoms with Crippen LogP contribution in [0.2, 0.25) is 0 Å².